The van der Waals surface area contributed by atoms with Gasteiger partial charge < -0.3 is 4.90 Å². The van der Waals surface area contributed by atoms with Crippen molar-refractivity contribution >= 4 is 40.0 Å². The normalized spacial score (nSPS) is 18.9. The van der Waals surface area contributed by atoms with Gasteiger partial charge in [-0.25, -0.2) is 0 Å². The monoisotopic (exact) mass is 328 g/mol. The minimum Gasteiger partial charge on any atom is -0.321 e. The Kier molecular flexibility index (Phi) is 4.88. The largest absolute Gasteiger partial charge is 0.321 e. The van der Waals surface area contributed by atoms with Crippen LogP contribution in [0.25, 0.3) is 0 Å². The van der Waals surface area contributed by atoms with Crippen LogP contribution in [0.2, 0.25) is 0 Å². The van der Waals surface area contributed by atoms with E-state index < -0.39 is 6.04 Å². The number of thioether (sulfide) groups is 1. The first-order chi connectivity index (χ1) is 9.76. The molecule has 116 valence electrons. The van der Waals surface area contributed by atoms with Crippen LogP contribution in [0.1, 0.15) is 32.2 Å². The molecule has 6 nitrogen and oxygen atoms in total. The van der Waals surface area contributed by atoms with Gasteiger partial charge in [0.15, 0.2) is 0 Å². The molecule has 21 heavy (non-hydrogen) atoms. The Hall–Kier alpha value is -1.15. The van der Waals surface area contributed by atoms with Crippen LogP contribution >= 0.6 is 23.1 Å². The quantitative estimate of drug-likeness (QED) is 0.920. The lowest BCUT2D eigenvalue weighted by molar-refractivity contribution is -0.137. The van der Waals surface area contributed by atoms with Crippen molar-refractivity contribution in [2.24, 2.45) is 5.41 Å². The molecule has 0 radical (unpaired) electrons. The van der Waals surface area contributed by atoms with Crippen LogP contribution in [0.5, 0.6) is 0 Å². The Morgan fingerprint density at radius 2 is 2.10 bits per heavy atom. The summed E-state index contributed by atoms with van der Waals surface area (Å²) in [7, 11) is 0. The first kappa shape index (κ1) is 16.2. The number of aryl methyl sites for hydroxylation is 1. The maximum atomic E-state index is 12.3. The summed E-state index contributed by atoms with van der Waals surface area (Å²) < 4.78 is 0. The minimum atomic E-state index is -0.422. The second-order valence-electron chi connectivity index (χ2n) is 6.23. The summed E-state index contributed by atoms with van der Waals surface area (Å²) in [4.78, 5) is 26.3. The van der Waals surface area contributed by atoms with E-state index in [9.17, 15) is 9.59 Å². The van der Waals surface area contributed by atoms with E-state index in [1.165, 1.54) is 11.3 Å². The van der Waals surface area contributed by atoms with E-state index in [-0.39, 0.29) is 17.2 Å². The SMILES string of the molecule is Cc1nnc(NC(=O)C2CSCN2C(=O)CC(C)(C)C)s1. The van der Waals surface area contributed by atoms with Crippen molar-refractivity contribution < 1.29 is 9.59 Å². The number of amides is 2. The van der Waals surface area contributed by atoms with E-state index in [4.69, 9.17) is 0 Å². The van der Waals surface area contributed by atoms with Crippen LogP contribution in [-0.2, 0) is 9.59 Å². The van der Waals surface area contributed by atoms with Gasteiger partial charge in [0, 0.05) is 12.2 Å². The molecule has 0 saturated carbocycles. The summed E-state index contributed by atoms with van der Waals surface area (Å²) in [6.07, 6.45) is 0.440. The lowest BCUT2D eigenvalue weighted by Crippen LogP contribution is -2.45. The highest BCUT2D eigenvalue weighted by Gasteiger charge is 2.36. The van der Waals surface area contributed by atoms with Crippen molar-refractivity contribution in [1.29, 1.82) is 0 Å². The number of hydrogen-bond acceptors (Lipinski definition) is 6. The van der Waals surface area contributed by atoms with E-state index in [0.717, 1.165) is 5.01 Å². The van der Waals surface area contributed by atoms with Gasteiger partial charge in [-0.15, -0.1) is 22.0 Å². The predicted molar refractivity (Wildman–Crippen MR) is 85.3 cm³/mol. The average molecular weight is 328 g/mol. The van der Waals surface area contributed by atoms with Gasteiger partial charge in [-0.3, -0.25) is 14.9 Å². The molecule has 1 atom stereocenters. The highest BCUT2D eigenvalue weighted by molar-refractivity contribution is 7.99. The molecular weight excluding hydrogens is 308 g/mol. The molecule has 1 aromatic heterocycles. The fourth-order valence-electron chi connectivity index (χ4n) is 2.00. The third kappa shape index (κ3) is 4.41. The van der Waals surface area contributed by atoms with Gasteiger partial charge in [-0.1, -0.05) is 32.1 Å². The maximum Gasteiger partial charge on any atom is 0.249 e. The zero-order chi connectivity index (χ0) is 15.6. The van der Waals surface area contributed by atoms with Crippen molar-refractivity contribution in [2.45, 2.75) is 40.2 Å². The summed E-state index contributed by atoms with van der Waals surface area (Å²) in [5.74, 6) is 1.04. The molecule has 0 spiro atoms. The van der Waals surface area contributed by atoms with Gasteiger partial charge in [-0.2, -0.15) is 0 Å². The van der Waals surface area contributed by atoms with Gasteiger partial charge >= 0.3 is 0 Å². The molecule has 2 heterocycles. The van der Waals surface area contributed by atoms with Gasteiger partial charge in [-0.05, 0) is 12.3 Å². The number of carbonyl (C=O) groups is 2. The lowest BCUT2D eigenvalue weighted by atomic mass is 9.91. The van der Waals surface area contributed by atoms with E-state index in [0.29, 0.717) is 23.2 Å². The number of rotatable bonds is 3. The Bertz CT molecular complexity index is 539. The van der Waals surface area contributed by atoms with E-state index in [1.807, 2.05) is 27.7 Å². The minimum absolute atomic E-state index is 0.0288. The number of nitrogens with zero attached hydrogens (tertiary/aromatic N) is 3. The molecule has 0 aliphatic carbocycles. The topological polar surface area (TPSA) is 75.2 Å². The van der Waals surface area contributed by atoms with Crippen molar-refractivity contribution in [1.82, 2.24) is 15.1 Å². The van der Waals surface area contributed by atoms with Crippen LogP contribution in [-0.4, -0.2) is 44.6 Å². The molecule has 1 aliphatic rings. The Balaban J connectivity index is 2.00. The number of nitrogens with one attached hydrogen (secondary N) is 1. The second-order valence-corrected chi connectivity index (χ2v) is 8.41. The molecule has 0 bridgehead atoms. The zero-order valence-corrected chi connectivity index (χ0v) is 14.3. The van der Waals surface area contributed by atoms with Crippen molar-refractivity contribution in [3.8, 4) is 0 Å². The first-order valence-corrected chi connectivity index (χ1v) is 8.71. The number of carbonyl (C=O) groups excluding carboxylic acids is 2. The molecule has 1 unspecified atom stereocenters. The van der Waals surface area contributed by atoms with Crippen molar-refractivity contribution in [3.05, 3.63) is 5.01 Å². The van der Waals surface area contributed by atoms with Gasteiger partial charge in [0.05, 0.1) is 5.88 Å². The molecule has 2 rings (SSSR count). The third-order valence-electron chi connectivity index (χ3n) is 2.94. The van der Waals surface area contributed by atoms with Crippen LogP contribution < -0.4 is 5.32 Å². The summed E-state index contributed by atoms with van der Waals surface area (Å²) in [6, 6.07) is -0.422. The third-order valence-corrected chi connectivity index (χ3v) is 4.71. The molecule has 1 aliphatic heterocycles. The Morgan fingerprint density at radius 1 is 1.38 bits per heavy atom. The smallest absolute Gasteiger partial charge is 0.249 e. The average Bonchev–Trinajstić information content (AvgIpc) is 2.95. The molecular formula is C13H20N4O2S2. The van der Waals surface area contributed by atoms with E-state index in [2.05, 4.69) is 15.5 Å². The highest BCUT2D eigenvalue weighted by Crippen LogP contribution is 2.27. The number of aromatic nitrogens is 2. The van der Waals surface area contributed by atoms with Crippen molar-refractivity contribution in [3.63, 3.8) is 0 Å². The molecule has 1 saturated heterocycles. The zero-order valence-electron chi connectivity index (χ0n) is 12.7. The van der Waals surface area contributed by atoms with Gasteiger partial charge in [0.1, 0.15) is 11.0 Å². The van der Waals surface area contributed by atoms with Crippen molar-refractivity contribution in [2.75, 3.05) is 16.9 Å². The molecule has 1 N–H and O–H groups in total. The van der Waals surface area contributed by atoms with Gasteiger partial charge in [0.25, 0.3) is 0 Å². The van der Waals surface area contributed by atoms with E-state index in [1.54, 1.807) is 16.7 Å². The van der Waals surface area contributed by atoms with Crippen LogP contribution in [0.3, 0.4) is 0 Å². The highest BCUT2D eigenvalue weighted by atomic mass is 32.2. The Labute approximate surface area is 132 Å². The summed E-state index contributed by atoms with van der Waals surface area (Å²) in [6.45, 7) is 7.89. The van der Waals surface area contributed by atoms with Crippen LogP contribution in [0.15, 0.2) is 0 Å². The Morgan fingerprint density at radius 3 is 2.67 bits per heavy atom. The molecule has 2 amide bonds. The molecule has 1 fully saturated rings. The first-order valence-electron chi connectivity index (χ1n) is 6.74. The summed E-state index contributed by atoms with van der Waals surface area (Å²) in [5.41, 5.74) is -0.0816. The fourth-order valence-corrected chi connectivity index (χ4v) is 3.77. The summed E-state index contributed by atoms with van der Waals surface area (Å²) in [5, 5.41) is 11.8. The second kappa shape index (κ2) is 6.31. The van der Waals surface area contributed by atoms with E-state index >= 15 is 0 Å². The maximum absolute atomic E-state index is 12.3. The molecule has 1 aromatic rings. The lowest BCUT2D eigenvalue weighted by Gasteiger charge is -2.26. The molecule has 8 heteroatoms. The predicted octanol–water partition coefficient (Wildman–Crippen LogP) is 2.12. The number of anilines is 1. The van der Waals surface area contributed by atoms with Crippen LogP contribution in [0, 0.1) is 12.3 Å². The standard InChI is InChI=1S/C13H20N4O2S2/c1-8-15-16-12(21-8)14-11(19)9-6-20-7-17(9)10(18)5-13(2,3)4/h9H,5-7H2,1-4H3,(H,14,16,19). The van der Waals surface area contributed by atoms with Gasteiger partial charge in [0.2, 0.25) is 16.9 Å². The molecule has 0 aromatic carbocycles. The van der Waals surface area contributed by atoms with Crippen LogP contribution in [0.4, 0.5) is 5.13 Å². The number of hydrogen-bond donors (Lipinski definition) is 1. The fraction of sp³-hybridized carbons (Fsp3) is 0.692. The summed E-state index contributed by atoms with van der Waals surface area (Å²) >= 11 is 2.93.